The lowest BCUT2D eigenvalue weighted by molar-refractivity contribution is -0.120. The molecule has 0 bridgehead atoms. The molecular formula is C38H56N4O5S. The van der Waals surface area contributed by atoms with Crippen LogP contribution in [0.4, 0.5) is 10.6 Å². The van der Waals surface area contributed by atoms with E-state index in [2.05, 4.69) is 53.7 Å². The molecule has 0 radical (unpaired) electrons. The number of carbonyl (C=O) groups excluding carboxylic acids is 2. The van der Waals surface area contributed by atoms with Crippen LogP contribution in [0.3, 0.4) is 0 Å². The summed E-state index contributed by atoms with van der Waals surface area (Å²) in [6, 6.07) is 4.00. The normalized spacial score (nSPS) is 17.4. The molecule has 1 heterocycles. The Hall–Kier alpha value is -3.21. The van der Waals surface area contributed by atoms with Crippen LogP contribution in [0.15, 0.2) is 58.1 Å². The van der Waals surface area contributed by atoms with Gasteiger partial charge in [0.2, 0.25) is 5.91 Å². The fraction of sp³-hybridized carbons (Fsp3) is 0.579. The number of anilines is 1. The van der Waals surface area contributed by atoms with Crippen LogP contribution in [-0.2, 0) is 25.4 Å². The van der Waals surface area contributed by atoms with Crippen molar-refractivity contribution in [1.82, 2.24) is 10.3 Å². The first-order chi connectivity index (χ1) is 23.0. The Balaban J connectivity index is 1.38. The monoisotopic (exact) mass is 680 g/mol. The molecule has 10 heteroatoms. The summed E-state index contributed by atoms with van der Waals surface area (Å²) in [5, 5.41) is 5.79. The third-order valence-electron chi connectivity index (χ3n) is 8.22. The van der Waals surface area contributed by atoms with E-state index in [1.165, 1.54) is 23.1 Å². The molecule has 2 unspecified atom stereocenters. The summed E-state index contributed by atoms with van der Waals surface area (Å²) in [7, 11) is 0. The van der Waals surface area contributed by atoms with E-state index in [9.17, 15) is 9.59 Å². The van der Waals surface area contributed by atoms with Crippen molar-refractivity contribution in [1.29, 1.82) is 0 Å². The number of alkyl carbamates (subject to hydrolysis) is 1. The number of amides is 2. The number of nitrogens with one attached hydrogen (secondary N) is 2. The molecule has 9 nitrogen and oxygen atoms in total. The zero-order valence-corrected chi connectivity index (χ0v) is 30.7. The largest absolute Gasteiger partial charge is 0.444 e. The fourth-order valence-electron chi connectivity index (χ4n) is 5.76. The van der Waals surface area contributed by atoms with E-state index in [-0.39, 0.29) is 11.8 Å². The van der Waals surface area contributed by atoms with Crippen molar-refractivity contribution in [2.24, 2.45) is 16.2 Å². The number of hydrogen-bond acceptors (Lipinski definition) is 8. The van der Waals surface area contributed by atoms with Crippen LogP contribution in [0.2, 0.25) is 0 Å². The lowest BCUT2D eigenvalue weighted by Crippen LogP contribution is -2.34. The summed E-state index contributed by atoms with van der Waals surface area (Å²) in [5.41, 5.74) is 6.14. The molecular weight excluding hydrogens is 625 g/mol. The van der Waals surface area contributed by atoms with Crippen LogP contribution >= 0.6 is 11.9 Å². The second-order valence-corrected chi connectivity index (χ2v) is 13.9. The minimum Gasteiger partial charge on any atom is -0.444 e. The number of hydrogen-bond donors (Lipinski definition) is 2. The number of pyridine rings is 1. The summed E-state index contributed by atoms with van der Waals surface area (Å²) in [5.74, 6) is 1.00. The lowest BCUT2D eigenvalue weighted by Gasteiger charge is -2.23. The third-order valence-corrected chi connectivity index (χ3v) is 8.60. The molecule has 1 aromatic rings. The van der Waals surface area contributed by atoms with Gasteiger partial charge in [0, 0.05) is 25.3 Å². The van der Waals surface area contributed by atoms with E-state index >= 15 is 0 Å². The maximum absolute atomic E-state index is 13.3. The molecule has 2 aliphatic rings. The Labute approximate surface area is 292 Å². The van der Waals surface area contributed by atoms with Gasteiger partial charge >= 0.3 is 6.09 Å². The Kier molecular flexibility index (Phi) is 16.6. The SMILES string of the molecule is C=C1C(CCCC(CCC)C(=O)Nc2ccc3c(n2)CC(C)C(CCCOCCOCCNC(=O)OC(C)(C)C)=C3)=CC=C/C1=N/SC. The number of fused-ring (bicyclic) bond motifs is 1. The maximum atomic E-state index is 13.3. The van der Waals surface area contributed by atoms with Crippen molar-refractivity contribution in [3.8, 4) is 0 Å². The smallest absolute Gasteiger partial charge is 0.407 e. The van der Waals surface area contributed by atoms with Gasteiger partial charge in [0.1, 0.15) is 11.4 Å². The first-order valence-corrected chi connectivity index (χ1v) is 18.5. The second-order valence-electron chi connectivity index (χ2n) is 13.4. The Morgan fingerprint density at radius 1 is 1.10 bits per heavy atom. The summed E-state index contributed by atoms with van der Waals surface area (Å²) in [4.78, 5) is 29.8. The number of aromatic nitrogens is 1. The van der Waals surface area contributed by atoms with E-state index in [0.29, 0.717) is 44.7 Å². The Bertz CT molecular complexity index is 1360. The van der Waals surface area contributed by atoms with Gasteiger partial charge in [0.25, 0.3) is 0 Å². The van der Waals surface area contributed by atoms with E-state index in [0.717, 1.165) is 73.9 Å². The predicted octanol–water partition coefficient (Wildman–Crippen LogP) is 8.29. The quantitative estimate of drug-likeness (QED) is 0.112. The highest BCUT2D eigenvalue weighted by molar-refractivity contribution is 7.97. The van der Waals surface area contributed by atoms with Crippen molar-refractivity contribution >= 4 is 41.6 Å². The van der Waals surface area contributed by atoms with Crippen molar-refractivity contribution in [2.45, 2.75) is 91.6 Å². The number of nitrogens with zero attached hydrogens (tertiary/aromatic N) is 2. The van der Waals surface area contributed by atoms with E-state index in [1.54, 1.807) is 0 Å². The van der Waals surface area contributed by atoms with Crippen molar-refractivity contribution in [3.05, 3.63) is 64.9 Å². The summed E-state index contributed by atoms with van der Waals surface area (Å²) in [6.07, 6.45) is 17.1. The molecule has 3 rings (SSSR count). The average Bonchev–Trinajstić information content (AvgIpc) is 3.02. The average molecular weight is 681 g/mol. The highest BCUT2D eigenvalue weighted by Crippen LogP contribution is 2.31. The first kappa shape index (κ1) is 39.2. The van der Waals surface area contributed by atoms with Gasteiger partial charge in [-0.25, -0.2) is 14.2 Å². The van der Waals surface area contributed by atoms with Crippen molar-refractivity contribution in [2.75, 3.05) is 44.5 Å². The van der Waals surface area contributed by atoms with Gasteiger partial charge in [-0.2, -0.15) is 0 Å². The van der Waals surface area contributed by atoms with Crippen LogP contribution in [0.1, 0.15) is 90.8 Å². The summed E-state index contributed by atoms with van der Waals surface area (Å²) < 4.78 is 20.9. The molecule has 0 aromatic carbocycles. The lowest BCUT2D eigenvalue weighted by atomic mass is 9.85. The van der Waals surface area contributed by atoms with E-state index in [1.807, 2.05) is 45.2 Å². The zero-order chi connectivity index (χ0) is 34.9. The number of carbonyl (C=O) groups is 2. The molecule has 2 N–H and O–H groups in total. The number of rotatable bonds is 19. The highest BCUT2D eigenvalue weighted by Gasteiger charge is 2.22. The molecule has 0 spiro atoms. The standard InChI is InChI=1S/C38H56N4O5S/c1-8-12-30(15-9-13-29-14-10-17-33(28(29)3)42-48-7)36(43)41-35-19-18-32-26-31(27(2)25-34(32)40-35)16-11-21-45-23-24-46-22-20-39-37(44)47-38(4,5)6/h10,14,17-19,26-27,30H,3,8-9,11-13,15-16,20-25H2,1-2,4-7H3,(H,39,44)(H,40,41,43)/b42-33-. The number of allylic oxidation sites excluding steroid dienone is 6. The van der Waals surface area contributed by atoms with Crippen molar-refractivity contribution < 1.29 is 23.8 Å². The van der Waals surface area contributed by atoms with Gasteiger partial charge < -0.3 is 24.8 Å². The molecule has 2 amide bonds. The predicted molar refractivity (Wildman–Crippen MR) is 198 cm³/mol. The van der Waals surface area contributed by atoms with Gasteiger partial charge in [-0.1, -0.05) is 50.6 Å². The summed E-state index contributed by atoms with van der Waals surface area (Å²) >= 11 is 1.44. The van der Waals surface area contributed by atoms with Crippen LogP contribution in [0.5, 0.6) is 0 Å². The van der Waals surface area contributed by atoms with Crippen LogP contribution < -0.4 is 10.6 Å². The first-order valence-electron chi connectivity index (χ1n) is 17.3. The topological polar surface area (TPSA) is 111 Å². The molecule has 0 saturated heterocycles. The van der Waals surface area contributed by atoms with Crippen LogP contribution in [0.25, 0.3) is 6.08 Å². The molecule has 0 aliphatic heterocycles. The molecule has 2 atom stereocenters. The molecule has 0 fully saturated rings. The third kappa shape index (κ3) is 13.7. The van der Waals surface area contributed by atoms with Gasteiger partial charge in [-0.15, -0.1) is 0 Å². The fourth-order valence-corrected chi connectivity index (χ4v) is 6.13. The zero-order valence-electron chi connectivity index (χ0n) is 29.9. The molecule has 48 heavy (non-hydrogen) atoms. The minimum atomic E-state index is -0.511. The van der Waals surface area contributed by atoms with E-state index in [4.69, 9.17) is 19.2 Å². The van der Waals surface area contributed by atoms with E-state index < -0.39 is 11.7 Å². The van der Waals surface area contributed by atoms with Crippen LogP contribution in [-0.4, -0.2) is 67.5 Å². The molecule has 0 saturated carbocycles. The molecule has 2 aliphatic carbocycles. The highest BCUT2D eigenvalue weighted by atomic mass is 32.2. The van der Waals surface area contributed by atoms with Gasteiger partial charge in [0.05, 0.1) is 31.2 Å². The van der Waals surface area contributed by atoms with Gasteiger partial charge in [-0.3, -0.25) is 4.79 Å². The minimum absolute atomic E-state index is 0.0493. The van der Waals surface area contributed by atoms with Crippen molar-refractivity contribution in [3.63, 3.8) is 0 Å². The molecule has 264 valence electrons. The van der Waals surface area contributed by atoms with Crippen LogP contribution in [0, 0.1) is 11.8 Å². The molecule has 1 aromatic heterocycles. The maximum Gasteiger partial charge on any atom is 0.407 e. The van der Waals surface area contributed by atoms with Gasteiger partial charge in [0.15, 0.2) is 0 Å². The summed E-state index contributed by atoms with van der Waals surface area (Å²) in [6.45, 7) is 16.6. The Morgan fingerprint density at radius 3 is 2.60 bits per heavy atom. The Morgan fingerprint density at radius 2 is 1.88 bits per heavy atom. The second kappa shape index (κ2) is 20.3. The van der Waals surface area contributed by atoms with Gasteiger partial charge in [-0.05, 0) is 119 Å². The number of ether oxygens (including phenoxy) is 3.